The van der Waals surface area contributed by atoms with Gasteiger partial charge in [0.05, 0.1) is 5.54 Å². The first-order valence-corrected chi connectivity index (χ1v) is 5.96. The Labute approximate surface area is 89.9 Å². The van der Waals surface area contributed by atoms with Gasteiger partial charge in [-0.25, -0.2) is 4.98 Å². The molecule has 4 nitrogen and oxygen atoms in total. The van der Waals surface area contributed by atoms with Gasteiger partial charge in [0.15, 0.2) is 5.82 Å². The molecular weight excluding hydrogens is 188 g/mol. The van der Waals surface area contributed by atoms with E-state index in [1.54, 1.807) is 0 Å². The fourth-order valence-electron chi connectivity index (χ4n) is 2.31. The van der Waals surface area contributed by atoms with Crippen molar-refractivity contribution in [3.8, 4) is 0 Å². The molecule has 0 amide bonds. The molecular formula is C11H18N4. The second-order valence-electron chi connectivity index (χ2n) is 5.03. The third kappa shape index (κ3) is 1.67. The van der Waals surface area contributed by atoms with Gasteiger partial charge in [0.25, 0.3) is 0 Å². The lowest BCUT2D eigenvalue weighted by Crippen LogP contribution is -2.44. The Bertz CT molecular complexity index is 347. The van der Waals surface area contributed by atoms with Crippen LogP contribution in [-0.2, 0) is 5.54 Å². The summed E-state index contributed by atoms with van der Waals surface area (Å²) >= 11 is 0. The van der Waals surface area contributed by atoms with Gasteiger partial charge in [0, 0.05) is 5.92 Å². The summed E-state index contributed by atoms with van der Waals surface area (Å²) in [4.78, 5) is 4.64. The fraction of sp³-hybridized carbons (Fsp3) is 0.818. The van der Waals surface area contributed by atoms with E-state index in [-0.39, 0.29) is 5.54 Å². The van der Waals surface area contributed by atoms with Crippen molar-refractivity contribution in [2.75, 3.05) is 6.54 Å². The summed E-state index contributed by atoms with van der Waals surface area (Å²) in [7, 11) is 0. The summed E-state index contributed by atoms with van der Waals surface area (Å²) in [6.07, 6.45) is 6.25. The Morgan fingerprint density at radius 2 is 2.20 bits per heavy atom. The molecule has 3 rings (SSSR count). The second kappa shape index (κ2) is 3.30. The number of hydrogen-bond donors (Lipinski definition) is 2. The summed E-state index contributed by atoms with van der Waals surface area (Å²) in [5.41, 5.74) is 0.00188. The van der Waals surface area contributed by atoms with Gasteiger partial charge in [-0.1, -0.05) is 0 Å². The molecule has 1 saturated carbocycles. The van der Waals surface area contributed by atoms with Gasteiger partial charge in [-0.3, -0.25) is 5.10 Å². The van der Waals surface area contributed by atoms with Crippen molar-refractivity contribution in [2.45, 2.75) is 50.5 Å². The maximum atomic E-state index is 4.64. The van der Waals surface area contributed by atoms with Crippen LogP contribution in [0.1, 0.15) is 56.6 Å². The highest BCUT2D eigenvalue weighted by molar-refractivity contribution is 5.11. The zero-order valence-electron chi connectivity index (χ0n) is 9.21. The average molecular weight is 206 g/mol. The Morgan fingerprint density at radius 3 is 2.87 bits per heavy atom. The van der Waals surface area contributed by atoms with Gasteiger partial charge in [-0.2, -0.15) is 5.10 Å². The third-order valence-corrected chi connectivity index (χ3v) is 3.58. The summed E-state index contributed by atoms with van der Waals surface area (Å²) in [5.74, 6) is 2.72. The van der Waals surface area contributed by atoms with E-state index >= 15 is 0 Å². The van der Waals surface area contributed by atoms with Crippen LogP contribution >= 0.6 is 0 Å². The maximum absolute atomic E-state index is 4.64. The van der Waals surface area contributed by atoms with Crippen molar-refractivity contribution in [1.82, 2.24) is 20.5 Å². The van der Waals surface area contributed by atoms with E-state index in [0.29, 0.717) is 5.92 Å². The Morgan fingerprint density at radius 1 is 1.33 bits per heavy atom. The smallest absolute Gasteiger partial charge is 0.170 e. The average Bonchev–Trinajstić information content (AvgIpc) is 2.97. The lowest BCUT2D eigenvalue weighted by atomic mass is 9.90. The van der Waals surface area contributed by atoms with Crippen molar-refractivity contribution in [2.24, 2.45) is 0 Å². The van der Waals surface area contributed by atoms with Crippen LogP contribution in [0.25, 0.3) is 0 Å². The first-order valence-electron chi connectivity index (χ1n) is 5.96. The van der Waals surface area contributed by atoms with Crippen LogP contribution in [0.5, 0.6) is 0 Å². The molecule has 2 N–H and O–H groups in total. The zero-order chi connectivity index (χ0) is 10.3. The van der Waals surface area contributed by atoms with Crippen LogP contribution in [0.4, 0.5) is 0 Å². The molecule has 1 saturated heterocycles. The van der Waals surface area contributed by atoms with E-state index < -0.39 is 0 Å². The normalized spacial score (nSPS) is 31.8. The Kier molecular flexibility index (Phi) is 2.06. The minimum absolute atomic E-state index is 0.00188. The summed E-state index contributed by atoms with van der Waals surface area (Å²) < 4.78 is 0. The number of H-pyrrole nitrogens is 1. The molecule has 1 aromatic heterocycles. The summed E-state index contributed by atoms with van der Waals surface area (Å²) in [5, 5.41) is 11.0. The fourth-order valence-corrected chi connectivity index (χ4v) is 2.31. The molecule has 82 valence electrons. The SMILES string of the molecule is CC1(c2n[nH]c(C3CC3)n2)CCCCN1. The molecule has 0 radical (unpaired) electrons. The Hall–Kier alpha value is -0.900. The first-order chi connectivity index (χ1) is 7.28. The molecule has 1 aliphatic carbocycles. The molecule has 15 heavy (non-hydrogen) atoms. The molecule has 2 fully saturated rings. The van der Waals surface area contributed by atoms with Crippen molar-refractivity contribution in [3.05, 3.63) is 11.6 Å². The molecule has 2 heterocycles. The molecule has 1 aliphatic heterocycles. The number of hydrogen-bond acceptors (Lipinski definition) is 3. The number of piperidine rings is 1. The first kappa shape index (κ1) is 9.33. The lowest BCUT2D eigenvalue weighted by molar-refractivity contribution is 0.269. The molecule has 1 unspecified atom stereocenters. The predicted molar refractivity (Wildman–Crippen MR) is 57.6 cm³/mol. The van der Waals surface area contributed by atoms with E-state index in [2.05, 4.69) is 27.4 Å². The molecule has 1 aromatic rings. The second-order valence-corrected chi connectivity index (χ2v) is 5.03. The molecule has 1 atom stereocenters. The van der Waals surface area contributed by atoms with Crippen molar-refractivity contribution < 1.29 is 0 Å². The van der Waals surface area contributed by atoms with E-state index in [4.69, 9.17) is 0 Å². The maximum Gasteiger partial charge on any atom is 0.170 e. The molecule has 0 aromatic carbocycles. The Balaban J connectivity index is 1.83. The number of rotatable bonds is 2. The van der Waals surface area contributed by atoms with Gasteiger partial charge < -0.3 is 5.32 Å². The van der Waals surface area contributed by atoms with E-state index in [1.807, 2.05) is 0 Å². The highest BCUT2D eigenvalue weighted by Crippen LogP contribution is 2.38. The lowest BCUT2D eigenvalue weighted by Gasteiger charge is -2.32. The standard InChI is InChI=1S/C11H18N4/c1-11(6-2-3-7-12-11)10-13-9(14-15-10)8-4-5-8/h8,12H,2-7H2,1H3,(H,13,14,15). The largest absolute Gasteiger partial charge is 0.305 e. The van der Waals surface area contributed by atoms with Gasteiger partial charge in [-0.15, -0.1) is 0 Å². The van der Waals surface area contributed by atoms with Gasteiger partial charge in [0.1, 0.15) is 5.82 Å². The van der Waals surface area contributed by atoms with Crippen molar-refractivity contribution >= 4 is 0 Å². The van der Waals surface area contributed by atoms with Crippen LogP contribution in [0.3, 0.4) is 0 Å². The van der Waals surface area contributed by atoms with E-state index in [0.717, 1.165) is 24.6 Å². The van der Waals surface area contributed by atoms with Crippen molar-refractivity contribution in [3.63, 3.8) is 0 Å². The predicted octanol–water partition coefficient (Wildman–Crippen LogP) is 1.67. The van der Waals surface area contributed by atoms with Crippen LogP contribution in [-0.4, -0.2) is 21.7 Å². The molecule has 4 heteroatoms. The van der Waals surface area contributed by atoms with Gasteiger partial charge in [0.2, 0.25) is 0 Å². The number of nitrogens with zero attached hydrogens (tertiary/aromatic N) is 2. The van der Waals surface area contributed by atoms with Crippen LogP contribution < -0.4 is 5.32 Å². The quantitative estimate of drug-likeness (QED) is 0.774. The number of aromatic nitrogens is 3. The number of aromatic amines is 1. The van der Waals surface area contributed by atoms with Gasteiger partial charge in [-0.05, 0) is 45.6 Å². The molecule has 2 aliphatic rings. The zero-order valence-corrected chi connectivity index (χ0v) is 9.21. The highest BCUT2D eigenvalue weighted by atomic mass is 15.3. The summed E-state index contributed by atoms with van der Waals surface area (Å²) in [6.45, 7) is 3.30. The monoisotopic (exact) mass is 206 g/mol. The molecule has 0 bridgehead atoms. The minimum Gasteiger partial charge on any atom is -0.305 e. The van der Waals surface area contributed by atoms with E-state index in [1.165, 1.54) is 25.7 Å². The highest BCUT2D eigenvalue weighted by Gasteiger charge is 2.34. The topological polar surface area (TPSA) is 53.6 Å². The van der Waals surface area contributed by atoms with Crippen LogP contribution in [0, 0.1) is 0 Å². The van der Waals surface area contributed by atoms with Gasteiger partial charge >= 0.3 is 0 Å². The summed E-state index contributed by atoms with van der Waals surface area (Å²) in [6, 6.07) is 0. The van der Waals surface area contributed by atoms with E-state index in [9.17, 15) is 0 Å². The van der Waals surface area contributed by atoms with Crippen LogP contribution in [0.2, 0.25) is 0 Å². The molecule has 0 spiro atoms. The minimum atomic E-state index is 0.00188. The third-order valence-electron chi connectivity index (χ3n) is 3.58. The van der Waals surface area contributed by atoms with Crippen molar-refractivity contribution in [1.29, 1.82) is 0 Å². The number of nitrogens with one attached hydrogen (secondary N) is 2. The van der Waals surface area contributed by atoms with Crippen LogP contribution in [0.15, 0.2) is 0 Å².